The summed E-state index contributed by atoms with van der Waals surface area (Å²) >= 11 is 1.36. The van der Waals surface area contributed by atoms with Crippen LogP contribution in [0.25, 0.3) is 22.1 Å². The molecule has 1 saturated heterocycles. The number of piperidine rings is 1. The molecule has 1 aliphatic rings. The van der Waals surface area contributed by atoms with Gasteiger partial charge in [-0.2, -0.15) is 0 Å². The van der Waals surface area contributed by atoms with Gasteiger partial charge in [0.2, 0.25) is 11.1 Å². The number of aryl methyl sites for hydroxylation is 1. The fourth-order valence-corrected chi connectivity index (χ4v) is 4.08. The molecule has 7 heteroatoms. The number of amides is 1. The number of likely N-dealkylation sites (tertiary alicyclic amines) is 1. The maximum atomic E-state index is 12.4. The molecule has 0 unspecified atom stereocenters. The van der Waals surface area contributed by atoms with Gasteiger partial charge in [-0.25, -0.2) is 4.98 Å². The first kappa shape index (κ1) is 16.3. The second-order valence-corrected chi connectivity index (χ2v) is 7.63. The standard InChI is InChI=1S/C18H21N5OS/c1-11-6-7-14-13(9-11)16-17(19-14)20-18(22-21-16)25-10-15(24)23-8-4-3-5-12(23)2/h6-7,9,12H,3-5,8,10H2,1-2H3,(H,19,20,22)/t12-/m0/s1. The molecule has 0 radical (unpaired) electrons. The number of aromatic nitrogens is 4. The summed E-state index contributed by atoms with van der Waals surface area (Å²) < 4.78 is 0. The SMILES string of the molecule is Cc1ccc2[nH]c3nc(SCC(=O)N4CCCC[C@@H]4C)nnc3c2c1. The Morgan fingerprint density at radius 2 is 2.24 bits per heavy atom. The van der Waals surface area contributed by atoms with Gasteiger partial charge >= 0.3 is 0 Å². The number of nitrogens with zero attached hydrogens (tertiary/aromatic N) is 4. The van der Waals surface area contributed by atoms with Gasteiger partial charge in [-0.15, -0.1) is 10.2 Å². The van der Waals surface area contributed by atoms with Gasteiger partial charge in [0, 0.05) is 23.5 Å². The average Bonchev–Trinajstić information content (AvgIpc) is 2.97. The van der Waals surface area contributed by atoms with Crippen molar-refractivity contribution in [3.63, 3.8) is 0 Å². The average molecular weight is 355 g/mol. The van der Waals surface area contributed by atoms with Crippen LogP contribution in [0.15, 0.2) is 23.4 Å². The largest absolute Gasteiger partial charge is 0.339 e. The van der Waals surface area contributed by atoms with Gasteiger partial charge in [0.05, 0.1) is 5.75 Å². The predicted molar refractivity (Wildman–Crippen MR) is 99.7 cm³/mol. The van der Waals surface area contributed by atoms with E-state index in [0.717, 1.165) is 41.5 Å². The fraction of sp³-hybridized carbons (Fsp3) is 0.444. The van der Waals surface area contributed by atoms with Crippen LogP contribution in [0.3, 0.4) is 0 Å². The van der Waals surface area contributed by atoms with Gasteiger partial charge in [0.1, 0.15) is 5.52 Å². The number of aromatic amines is 1. The highest BCUT2D eigenvalue weighted by Gasteiger charge is 2.23. The zero-order valence-corrected chi connectivity index (χ0v) is 15.3. The van der Waals surface area contributed by atoms with Gasteiger partial charge in [-0.1, -0.05) is 23.4 Å². The van der Waals surface area contributed by atoms with Crippen molar-refractivity contribution in [2.75, 3.05) is 12.3 Å². The molecule has 130 valence electrons. The summed E-state index contributed by atoms with van der Waals surface area (Å²) in [5.74, 6) is 0.518. The molecule has 0 bridgehead atoms. The lowest BCUT2D eigenvalue weighted by Gasteiger charge is -2.33. The first-order valence-electron chi connectivity index (χ1n) is 8.67. The van der Waals surface area contributed by atoms with Crippen LogP contribution in [0.4, 0.5) is 0 Å². The molecule has 6 nitrogen and oxygen atoms in total. The van der Waals surface area contributed by atoms with Crippen LogP contribution in [-0.4, -0.2) is 49.3 Å². The van der Waals surface area contributed by atoms with Crippen LogP contribution in [-0.2, 0) is 4.79 Å². The van der Waals surface area contributed by atoms with Gasteiger partial charge in [-0.05, 0) is 45.2 Å². The number of H-pyrrole nitrogens is 1. The van der Waals surface area contributed by atoms with Crippen LogP contribution in [0.1, 0.15) is 31.7 Å². The molecule has 1 N–H and O–H groups in total. The lowest BCUT2D eigenvalue weighted by molar-refractivity contribution is -0.131. The Hall–Kier alpha value is -2.15. The van der Waals surface area contributed by atoms with Gasteiger partial charge in [-0.3, -0.25) is 4.79 Å². The molecule has 0 spiro atoms. The smallest absolute Gasteiger partial charge is 0.233 e. The number of hydrogen-bond acceptors (Lipinski definition) is 5. The predicted octanol–water partition coefficient (Wildman–Crippen LogP) is 3.31. The first-order chi connectivity index (χ1) is 12.1. The van der Waals surface area contributed by atoms with E-state index < -0.39 is 0 Å². The molecule has 25 heavy (non-hydrogen) atoms. The summed E-state index contributed by atoms with van der Waals surface area (Å²) in [7, 11) is 0. The molecule has 1 fully saturated rings. The zero-order valence-electron chi connectivity index (χ0n) is 14.5. The number of fused-ring (bicyclic) bond motifs is 3. The Morgan fingerprint density at radius 3 is 3.08 bits per heavy atom. The number of benzene rings is 1. The third-order valence-corrected chi connectivity index (χ3v) is 5.62. The number of carbonyl (C=O) groups excluding carboxylic acids is 1. The highest BCUT2D eigenvalue weighted by atomic mass is 32.2. The Labute approximate surface area is 150 Å². The molecular weight excluding hydrogens is 334 g/mol. The molecule has 0 saturated carbocycles. The van der Waals surface area contributed by atoms with Crippen LogP contribution >= 0.6 is 11.8 Å². The van der Waals surface area contributed by atoms with Crippen molar-refractivity contribution in [1.29, 1.82) is 0 Å². The van der Waals surface area contributed by atoms with Crippen molar-refractivity contribution < 1.29 is 4.79 Å². The quantitative estimate of drug-likeness (QED) is 0.730. The van der Waals surface area contributed by atoms with E-state index in [1.165, 1.54) is 23.7 Å². The summed E-state index contributed by atoms with van der Waals surface area (Å²) in [5, 5.41) is 10.1. The molecular formula is C18H21N5OS. The van der Waals surface area contributed by atoms with Gasteiger partial charge in [0.25, 0.3) is 0 Å². The monoisotopic (exact) mass is 355 g/mol. The minimum absolute atomic E-state index is 0.160. The fourth-order valence-electron chi connectivity index (χ4n) is 3.41. The van der Waals surface area contributed by atoms with E-state index in [4.69, 9.17) is 0 Å². The lowest BCUT2D eigenvalue weighted by Crippen LogP contribution is -2.42. The molecule has 2 aromatic heterocycles. The third-order valence-electron chi connectivity index (χ3n) is 4.80. The zero-order chi connectivity index (χ0) is 17.4. The molecule has 3 heterocycles. The second-order valence-electron chi connectivity index (χ2n) is 6.69. The van der Waals surface area contributed by atoms with E-state index >= 15 is 0 Å². The summed E-state index contributed by atoms with van der Waals surface area (Å²) in [6, 6.07) is 6.50. The van der Waals surface area contributed by atoms with Gasteiger partial charge in [0.15, 0.2) is 5.65 Å². The maximum Gasteiger partial charge on any atom is 0.233 e. The molecule has 3 aromatic rings. The van der Waals surface area contributed by atoms with Crippen LogP contribution in [0.2, 0.25) is 0 Å². The van der Waals surface area contributed by atoms with Crippen LogP contribution in [0.5, 0.6) is 0 Å². The van der Waals surface area contributed by atoms with E-state index in [0.29, 0.717) is 17.0 Å². The van der Waals surface area contributed by atoms with Crippen LogP contribution in [0, 0.1) is 6.92 Å². The number of thioether (sulfide) groups is 1. The van der Waals surface area contributed by atoms with E-state index in [2.05, 4.69) is 46.1 Å². The van der Waals surface area contributed by atoms with E-state index in [1.807, 2.05) is 11.0 Å². The van der Waals surface area contributed by atoms with Gasteiger partial charge < -0.3 is 9.88 Å². The molecule has 1 amide bonds. The highest BCUT2D eigenvalue weighted by Crippen LogP contribution is 2.25. The lowest BCUT2D eigenvalue weighted by atomic mass is 10.0. The van der Waals surface area contributed by atoms with Crippen molar-refractivity contribution in [2.24, 2.45) is 0 Å². The normalized spacial score (nSPS) is 18.2. The Morgan fingerprint density at radius 1 is 1.36 bits per heavy atom. The summed E-state index contributed by atoms with van der Waals surface area (Å²) in [5.41, 5.74) is 3.67. The number of rotatable bonds is 3. The topological polar surface area (TPSA) is 74.8 Å². The molecule has 1 aromatic carbocycles. The number of carbonyl (C=O) groups is 1. The second kappa shape index (κ2) is 6.63. The minimum Gasteiger partial charge on any atom is -0.339 e. The summed E-state index contributed by atoms with van der Waals surface area (Å²) in [6.45, 7) is 5.04. The van der Waals surface area contributed by atoms with Crippen molar-refractivity contribution in [3.05, 3.63) is 23.8 Å². The Bertz CT molecular complexity index is 938. The third kappa shape index (κ3) is 3.20. The molecule has 1 aliphatic heterocycles. The van der Waals surface area contributed by atoms with Crippen molar-refractivity contribution >= 4 is 39.7 Å². The Kier molecular flexibility index (Phi) is 4.33. The molecule has 0 aliphatic carbocycles. The van der Waals surface area contributed by atoms with Crippen molar-refractivity contribution in [1.82, 2.24) is 25.1 Å². The van der Waals surface area contributed by atoms with Crippen LogP contribution < -0.4 is 0 Å². The Balaban J connectivity index is 1.52. The van der Waals surface area contributed by atoms with E-state index in [1.54, 1.807) is 0 Å². The number of nitrogens with one attached hydrogen (secondary N) is 1. The highest BCUT2D eigenvalue weighted by molar-refractivity contribution is 7.99. The maximum absolute atomic E-state index is 12.4. The molecule has 1 atom stereocenters. The summed E-state index contributed by atoms with van der Waals surface area (Å²) in [6.07, 6.45) is 3.40. The van der Waals surface area contributed by atoms with Crippen molar-refractivity contribution in [3.8, 4) is 0 Å². The number of hydrogen-bond donors (Lipinski definition) is 1. The van der Waals surface area contributed by atoms with E-state index in [-0.39, 0.29) is 5.91 Å². The minimum atomic E-state index is 0.160. The summed E-state index contributed by atoms with van der Waals surface area (Å²) in [4.78, 5) is 22.2. The first-order valence-corrected chi connectivity index (χ1v) is 9.65. The molecule has 4 rings (SSSR count). The van der Waals surface area contributed by atoms with Crippen molar-refractivity contribution in [2.45, 2.75) is 44.3 Å². The van der Waals surface area contributed by atoms with E-state index in [9.17, 15) is 4.79 Å².